The molecule has 0 saturated carbocycles. The molecule has 4 N–H and O–H groups in total. The summed E-state index contributed by atoms with van der Waals surface area (Å²) in [6.07, 6.45) is 2.07. The van der Waals surface area contributed by atoms with Crippen LogP contribution in [0.25, 0.3) is 0 Å². The van der Waals surface area contributed by atoms with Gasteiger partial charge in [0, 0.05) is 31.6 Å². The maximum absolute atomic E-state index is 13.7. The molecule has 4 rings (SSSR count). The minimum atomic E-state index is -1.38. The number of halogens is 1. The number of benzene rings is 1. The molecular formula is C22H27FN4O5. The Bertz CT molecular complexity index is 1120. The zero-order chi connectivity index (χ0) is 23.1. The van der Waals surface area contributed by atoms with E-state index < -0.39 is 34.3 Å². The number of nitrogens with zero attached hydrogens (tertiary/aromatic N) is 2. The second kappa shape index (κ2) is 8.27. The second-order valence-electron chi connectivity index (χ2n) is 8.88. The third kappa shape index (κ3) is 4.13. The summed E-state index contributed by atoms with van der Waals surface area (Å²) in [5, 5.41) is 11.1. The lowest BCUT2D eigenvalue weighted by molar-refractivity contribution is -0.195. The van der Waals surface area contributed by atoms with E-state index in [1.165, 1.54) is 0 Å². The molecule has 32 heavy (non-hydrogen) atoms. The van der Waals surface area contributed by atoms with Crippen LogP contribution in [0.4, 0.5) is 4.39 Å². The van der Waals surface area contributed by atoms with Gasteiger partial charge in [-0.1, -0.05) is 12.1 Å². The zero-order valence-corrected chi connectivity index (χ0v) is 17.8. The molecular weight excluding hydrogens is 419 g/mol. The van der Waals surface area contributed by atoms with Crippen LogP contribution in [0.1, 0.15) is 48.1 Å². The highest BCUT2D eigenvalue weighted by Crippen LogP contribution is 2.43. The maximum Gasteiger partial charge on any atom is 0.328 e. The number of carbonyl (C=O) groups excluding carboxylic acids is 1. The first-order valence-corrected chi connectivity index (χ1v) is 10.6. The highest BCUT2D eigenvalue weighted by atomic mass is 19.1. The lowest BCUT2D eigenvalue weighted by atomic mass is 9.75. The van der Waals surface area contributed by atoms with E-state index in [2.05, 4.69) is 0 Å². The number of nitrogens with two attached hydrogens (primary N) is 1. The van der Waals surface area contributed by atoms with Crippen LogP contribution in [0.5, 0.6) is 0 Å². The van der Waals surface area contributed by atoms with E-state index in [0.717, 1.165) is 16.3 Å². The number of likely N-dealkylation sites (tertiary alicyclic amines) is 1. The Morgan fingerprint density at radius 3 is 2.53 bits per heavy atom. The van der Waals surface area contributed by atoms with Crippen LogP contribution >= 0.6 is 0 Å². The summed E-state index contributed by atoms with van der Waals surface area (Å²) in [6.45, 7) is 2.90. The van der Waals surface area contributed by atoms with Gasteiger partial charge in [0.2, 0.25) is 5.82 Å². The van der Waals surface area contributed by atoms with Crippen molar-refractivity contribution < 1.29 is 19.0 Å². The van der Waals surface area contributed by atoms with Gasteiger partial charge in [-0.3, -0.25) is 19.1 Å². The molecule has 0 bridgehead atoms. The van der Waals surface area contributed by atoms with E-state index in [4.69, 9.17) is 10.5 Å². The summed E-state index contributed by atoms with van der Waals surface area (Å²) in [6, 6.07) is 6.35. The first-order chi connectivity index (χ1) is 15.1. The molecule has 0 unspecified atom stereocenters. The Kier molecular flexibility index (Phi) is 5.78. The number of aromatic amines is 1. The predicted octanol–water partition coefficient (Wildman–Crippen LogP) is 0.522. The molecule has 2 saturated heterocycles. The third-order valence-corrected chi connectivity index (χ3v) is 6.60. The Morgan fingerprint density at radius 1 is 1.28 bits per heavy atom. The van der Waals surface area contributed by atoms with Crippen molar-refractivity contribution in [1.82, 2.24) is 14.5 Å². The molecule has 10 heteroatoms. The number of aliphatic hydroxyl groups is 1. The summed E-state index contributed by atoms with van der Waals surface area (Å²) < 4.78 is 20.8. The van der Waals surface area contributed by atoms with Gasteiger partial charge in [-0.15, -0.1) is 0 Å². The van der Waals surface area contributed by atoms with Crippen LogP contribution in [0.2, 0.25) is 0 Å². The third-order valence-electron chi connectivity index (χ3n) is 6.60. The van der Waals surface area contributed by atoms with Crippen LogP contribution in [0, 0.1) is 5.82 Å². The SMILES string of the molecule is C[C@]1(O)CC2(CCN(C(=O)c3ccc(CN)cc3)CC2)OC[C@@H]1n1cc(F)c(=O)[nH]c1=O. The van der Waals surface area contributed by atoms with Crippen LogP contribution in [0.3, 0.4) is 0 Å². The van der Waals surface area contributed by atoms with Crippen molar-refractivity contribution in [3.8, 4) is 0 Å². The molecule has 1 amide bonds. The van der Waals surface area contributed by atoms with Crippen LogP contribution < -0.4 is 17.0 Å². The van der Waals surface area contributed by atoms with Crippen molar-refractivity contribution in [1.29, 1.82) is 0 Å². The van der Waals surface area contributed by atoms with Crippen molar-refractivity contribution in [2.45, 2.75) is 50.0 Å². The molecule has 2 aliphatic rings. The van der Waals surface area contributed by atoms with E-state index in [-0.39, 0.29) is 18.9 Å². The number of amides is 1. The number of rotatable bonds is 3. The molecule has 0 radical (unpaired) electrons. The smallest absolute Gasteiger partial charge is 0.328 e. The van der Waals surface area contributed by atoms with E-state index in [1.54, 1.807) is 24.0 Å². The monoisotopic (exact) mass is 446 g/mol. The molecule has 2 fully saturated rings. The Morgan fingerprint density at radius 2 is 1.94 bits per heavy atom. The number of nitrogens with one attached hydrogen (secondary N) is 1. The lowest BCUT2D eigenvalue weighted by Crippen LogP contribution is -2.59. The molecule has 2 aromatic rings. The fourth-order valence-corrected chi connectivity index (χ4v) is 4.73. The van der Waals surface area contributed by atoms with Crippen molar-refractivity contribution in [3.63, 3.8) is 0 Å². The van der Waals surface area contributed by atoms with Gasteiger partial charge in [0.05, 0.1) is 30.0 Å². The van der Waals surface area contributed by atoms with E-state index >= 15 is 0 Å². The topological polar surface area (TPSA) is 131 Å². The predicted molar refractivity (Wildman–Crippen MR) is 114 cm³/mol. The van der Waals surface area contributed by atoms with Gasteiger partial charge in [0.1, 0.15) is 0 Å². The Labute approximate surface area is 183 Å². The summed E-state index contributed by atoms with van der Waals surface area (Å²) in [7, 11) is 0. The van der Waals surface area contributed by atoms with E-state index in [0.29, 0.717) is 38.0 Å². The normalized spacial score (nSPS) is 25.1. The van der Waals surface area contributed by atoms with Gasteiger partial charge in [-0.05, 0) is 37.5 Å². The Balaban J connectivity index is 1.45. The lowest BCUT2D eigenvalue weighted by Gasteiger charge is -2.51. The summed E-state index contributed by atoms with van der Waals surface area (Å²) in [4.78, 5) is 40.0. The van der Waals surface area contributed by atoms with Crippen LogP contribution in [-0.4, -0.2) is 56.4 Å². The van der Waals surface area contributed by atoms with Crippen LogP contribution in [-0.2, 0) is 11.3 Å². The van der Waals surface area contributed by atoms with E-state index in [1.807, 2.05) is 17.1 Å². The van der Waals surface area contributed by atoms with Crippen molar-refractivity contribution >= 4 is 5.91 Å². The number of ether oxygens (including phenoxy) is 1. The maximum atomic E-state index is 13.7. The van der Waals surface area contributed by atoms with Crippen molar-refractivity contribution in [3.05, 3.63) is 68.2 Å². The van der Waals surface area contributed by atoms with Gasteiger partial charge in [-0.25, -0.2) is 4.79 Å². The number of carbonyl (C=O) groups is 1. The average molecular weight is 446 g/mol. The van der Waals surface area contributed by atoms with Gasteiger partial charge in [-0.2, -0.15) is 4.39 Å². The fraction of sp³-hybridized carbons (Fsp3) is 0.500. The number of aromatic nitrogens is 2. The number of hydrogen-bond acceptors (Lipinski definition) is 6. The molecule has 1 spiro atoms. The molecule has 2 aliphatic heterocycles. The number of hydrogen-bond donors (Lipinski definition) is 3. The molecule has 172 valence electrons. The highest BCUT2D eigenvalue weighted by molar-refractivity contribution is 5.94. The van der Waals surface area contributed by atoms with Crippen molar-refractivity contribution in [2.24, 2.45) is 5.73 Å². The molecule has 2 atom stereocenters. The molecule has 9 nitrogen and oxygen atoms in total. The fourth-order valence-electron chi connectivity index (χ4n) is 4.73. The summed E-state index contributed by atoms with van der Waals surface area (Å²) >= 11 is 0. The first-order valence-electron chi connectivity index (χ1n) is 10.6. The minimum absolute atomic E-state index is 0.0209. The quantitative estimate of drug-likeness (QED) is 0.630. The highest BCUT2D eigenvalue weighted by Gasteiger charge is 2.50. The van der Waals surface area contributed by atoms with Crippen molar-refractivity contribution in [2.75, 3.05) is 19.7 Å². The number of piperidine rings is 1. The van der Waals surface area contributed by atoms with Gasteiger partial charge >= 0.3 is 5.69 Å². The first kappa shape index (κ1) is 22.4. The number of H-pyrrole nitrogens is 1. The molecule has 0 aliphatic carbocycles. The standard InChI is InChI=1S/C22H27FN4O5/c1-21(31)13-22(32-12-17(21)27-11-16(23)18(28)25-20(27)30)6-8-26(9-7-22)19(29)15-4-2-14(10-24)3-5-15/h2-5,11,17,31H,6-10,12-13,24H2,1H3,(H,25,28,30)/t17-,21-/m0/s1. The molecule has 3 heterocycles. The molecule has 1 aromatic carbocycles. The minimum Gasteiger partial charge on any atom is -0.388 e. The van der Waals surface area contributed by atoms with Crippen LogP contribution in [0.15, 0.2) is 40.1 Å². The Hall–Kier alpha value is -2.82. The second-order valence-corrected chi connectivity index (χ2v) is 8.88. The van der Waals surface area contributed by atoms with Gasteiger partial charge in [0.25, 0.3) is 11.5 Å². The average Bonchev–Trinajstić information content (AvgIpc) is 2.76. The van der Waals surface area contributed by atoms with Gasteiger partial charge in [0.15, 0.2) is 0 Å². The largest absolute Gasteiger partial charge is 0.388 e. The molecule has 1 aromatic heterocycles. The van der Waals surface area contributed by atoms with E-state index in [9.17, 15) is 23.9 Å². The van der Waals surface area contributed by atoms with Gasteiger partial charge < -0.3 is 20.5 Å². The summed E-state index contributed by atoms with van der Waals surface area (Å²) in [5.74, 6) is -1.17. The summed E-state index contributed by atoms with van der Waals surface area (Å²) in [5.41, 5.74) is 3.22. The zero-order valence-electron chi connectivity index (χ0n) is 17.8.